The number of benzene rings is 1. The van der Waals surface area contributed by atoms with Crippen molar-refractivity contribution in [2.24, 2.45) is 0 Å². The lowest BCUT2D eigenvalue weighted by molar-refractivity contribution is 0.0170. The number of rotatable bonds is 4. The van der Waals surface area contributed by atoms with Gasteiger partial charge >= 0.3 is 0 Å². The lowest BCUT2D eigenvalue weighted by atomic mass is 9.94. The number of aromatic nitrogens is 3. The van der Waals surface area contributed by atoms with Crippen molar-refractivity contribution in [1.82, 2.24) is 25.2 Å². The summed E-state index contributed by atoms with van der Waals surface area (Å²) in [4.78, 5) is 16.9. The van der Waals surface area contributed by atoms with Gasteiger partial charge in [-0.15, -0.1) is 0 Å². The second kappa shape index (κ2) is 6.86. The molecular formula is C19H21N5O2. The van der Waals surface area contributed by atoms with Crippen molar-refractivity contribution in [2.75, 3.05) is 19.6 Å². The van der Waals surface area contributed by atoms with E-state index in [1.165, 1.54) is 0 Å². The number of carbonyl (C=O) groups excluding carboxylic acids is 1. The molecule has 0 aliphatic carbocycles. The SMILES string of the molecule is O=C(NC[C@]1(O)CCCNC1)c1cccc(-c2cnn3cccnc23)c1. The predicted octanol–water partition coefficient (Wildman–Crippen LogP) is 1.24. The fraction of sp³-hybridized carbons (Fsp3) is 0.316. The van der Waals surface area contributed by atoms with Crippen LogP contribution in [0.25, 0.3) is 16.8 Å². The van der Waals surface area contributed by atoms with E-state index in [1.807, 2.05) is 30.5 Å². The van der Waals surface area contributed by atoms with Crippen LogP contribution in [0.1, 0.15) is 23.2 Å². The van der Waals surface area contributed by atoms with Gasteiger partial charge in [0.05, 0.1) is 11.8 Å². The van der Waals surface area contributed by atoms with Crippen LogP contribution in [0.4, 0.5) is 0 Å². The molecule has 1 aliphatic heterocycles. The zero-order valence-corrected chi connectivity index (χ0v) is 14.4. The molecule has 0 unspecified atom stereocenters. The highest BCUT2D eigenvalue weighted by Crippen LogP contribution is 2.24. The zero-order valence-electron chi connectivity index (χ0n) is 14.4. The summed E-state index contributed by atoms with van der Waals surface area (Å²) in [6.07, 6.45) is 6.89. The van der Waals surface area contributed by atoms with Gasteiger partial charge in [0.25, 0.3) is 5.91 Å². The monoisotopic (exact) mass is 351 g/mol. The minimum absolute atomic E-state index is 0.199. The molecule has 3 aromatic rings. The predicted molar refractivity (Wildman–Crippen MR) is 97.8 cm³/mol. The summed E-state index contributed by atoms with van der Waals surface area (Å²) in [6, 6.07) is 9.18. The Balaban J connectivity index is 1.53. The molecule has 1 atom stereocenters. The Labute approximate surface area is 151 Å². The van der Waals surface area contributed by atoms with E-state index in [1.54, 1.807) is 23.0 Å². The Bertz CT molecular complexity index is 930. The summed E-state index contributed by atoms with van der Waals surface area (Å²) in [5.41, 5.74) is 2.16. The molecule has 1 aliphatic rings. The lowest BCUT2D eigenvalue weighted by Gasteiger charge is -2.32. The van der Waals surface area contributed by atoms with Crippen molar-refractivity contribution in [2.45, 2.75) is 18.4 Å². The minimum Gasteiger partial charge on any atom is -0.387 e. The molecule has 3 heterocycles. The van der Waals surface area contributed by atoms with Crippen LogP contribution < -0.4 is 10.6 Å². The number of amides is 1. The van der Waals surface area contributed by atoms with E-state index in [4.69, 9.17) is 0 Å². The quantitative estimate of drug-likeness (QED) is 0.658. The normalized spacial score (nSPS) is 20.2. The van der Waals surface area contributed by atoms with Gasteiger partial charge in [-0.05, 0) is 43.1 Å². The summed E-state index contributed by atoms with van der Waals surface area (Å²) < 4.78 is 1.70. The molecule has 134 valence electrons. The molecule has 3 N–H and O–H groups in total. The first-order valence-corrected chi connectivity index (χ1v) is 8.75. The van der Waals surface area contributed by atoms with Crippen molar-refractivity contribution >= 4 is 11.6 Å². The van der Waals surface area contributed by atoms with Gasteiger partial charge in [0.2, 0.25) is 0 Å². The highest BCUT2D eigenvalue weighted by molar-refractivity contribution is 5.96. The number of fused-ring (bicyclic) bond motifs is 1. The Kier molecular flexibility index (Phi) is 4.40. The molecule has 1 fully saturated rings. The van der Waals surface area contributed by atoms with Crippen LogP contribution in [0.2, 0.25) is 0 Å². The van der Waals surface area contributed by atoms with E-state index < -0.39 is 5.60 Å². The summed E-state index contributed by atoms with van der Waals surface area (Å²) in [5.74, 6) is -0.199. The number of nitrogens with one attached hydrogen (secondary N) is 2. The van der Waals surface area contributed by atoms with Crippen LogP contribution in [0.5, 0.6) is 0 Å². The van der Waals surface area contributed by atoms with Crippen LogP contribution in [-0.2, 0) is 0 Å². The maximum Gasteiger partial charge on any atom is 0.251 e. The zero-order chi connectivity index (χ0) is 18.0. The summed E-state index contributed by atoms with van der Waals surface area (Å²) in [6.45, 7) is 1.65. The third kappa shape index (κ3) is 3.31. The molecule has 0 spiro atoms. The number of hydrogen-bond donors (Lipinski definition) is 3. The topological polar surface area (TPSA) is 91.5 Å². The summed E-state index contributed by atoms with van der Waals surface area (Å²) >= 11 is 0. The standard InChI is InChI=1S/C19H21N5O2/c25-18(22-13-19(26)6-2-7-20-12-19)15-5-1-4-14(10-15)16-11-23-24-9-3-8-21-17(16)24/h1,3-5,8-11,20,26H,2,6-7,12-13H2,(H,22,25)/t19-/m0/s1. The van der Waals surface area contributed by atoms with Crippen molar-refractivity contribution in [3.05, 3.63) is 54.5 Å². The number of aliphatic hydroxyl groups is 1. The largest absolute Gasteiger partial charge is 0.387 e. The third-order valence-electron chi connectivity index (χ3n) is 4.74. The first-order chi connectivity index (χ1) is 12.6. The molecular weight excluding hydrogens is 330 g/mol. The van der Waals surface area contributed by atoms with Gasteiger partial charge in [-0.3, -0.25) is 4.79 Å². The smallest absolute Gasteiger partial charge is 0.251 e. The number of hydrogen-bond acceptors (Lipinski definition) is 5. The molecule has 7 heteroatoms. The molecule has 2 aromatic heterocycles. The van der Waals surface area contributed by atoms with Crippen molar-refractivity contribution in [1.29, 1.82) is 0 Å². The van der Waals surface area contributed by atoms with Crippen molar-refractivity contribution in [3.8, 4) is 11.1 Å². The van der Waals surface area contributed by atoms with Gasteiger partial charge in [0.15, 0.2) is 5.65 Å². The van der Waals surface area contributed by atoms with Gasteiger partial charge < -0.3 is 15.7 Å². The number of nitrogens with zero attached hydrogens (tertiary/aromatic N) is 3. The fourth-order valence-corrected chi connectivity index (χ4v) is 3.31. The maximum atomic E-state index is 12.5. The average molecular weight is 351 g/mol. The van der Waals surface area contributed by atoms with E-state index in [9.17, 15) is 9.90 Å². The minimum atomic E-state index is -0.877. The summed E-state index contributed by atoms with van der Waals surface area (Å²) in [5, 5.41) is 20.8. The Morgan fingerprint density at radius 2 is 2.31 bits per heavy atom. The van der Waals surface area contributed by atoms with Gasteiger partial charge in [-0.25, -0.2) is 9.50 Å². The van der Waals surface area contributed by atoms with Gasteiger partial charge in [-0.2, -0.15) is 5.10 Å². The molecule has 1 amide bonds. The van der Waals surface area contributed by atoms with Crippen molar-refractivity contribution in [3.63, 3.8) is 0 Å². The Morgan fingerprint density at radius 1 is 1.38 bits per heavy atom. The molecule has 7 nitrogen and oxygen atoms in total. The van der Waals surface area contributed by atoms with E-state index in [2.05, 4.69) is 20.7 Å². The van der Waals surface area contributed by atoms with Crippen LogP contribution in [0.3, 0.4) is 0 Å². The van der Waals surface area contributed by atoms with Crippen molar-refractivity contribution < 1.29 is 9.90 Å². The van der Waals surface area contributed by atoms with Crippen LogP contribution in [0, 0.1) is 0 Å². The van der Waals surface area contributed by atoms with Crippen LogP contribution in [-0.4, -0.2) is 50.8 Å². The van der Waals surface area contributed by atoms with Gasteiger partial charge in [0, 0.05) is 36.6 Å². The summed E-state index contributed by atoms with van der Waals surface area (Å²) in [7, 11) is 0. The number of carbonyl (C=O) groups is 1. The van der Waals surface area contributed by atoms with E-state index in [-0.39, 0.29) is 12.5 Å². The maximum absolute atomic E-state index is 12.5. The molecule has 1 saturated heterocycles. The van der Waals surface area contributed by atoms with Gasteiger partial charge in [-0.1, -0.05) is 12.1 Å². The highest BCUT2D eigenvalue weighted by Gasteiger charge is 2.29. The highest BCUT2D eigenvalue weighted by atomic mass is 16.3. The van der Waals surface area contributed by atoms with E-state index in [0.29, 0.717) is 18.5 Å². The molecule has 0 radical (unpaired) electrons. The Hall–Kier alpha value is -2.77. The van der Waals surface area contributed by atoms with E-state index in [0.717, 1.165) is 29.7 Å². The van der Waals surface area contributed by atoms with Gasteiger partial charge in [0.1, 0.15) is 0 Å². The molecule has 26 heavy (non-hydrogen) atoms. The fourth-order valence-electron chi connectivity index (χ4n) is 3.31. The van der Waals surface area contributed by atoms with Crippen LogP contribution in [0.15, 0.2) is 48.9 Å². The molecule has 0 bridgehead atoms. The first-order valence-electron chi connectivity index (χ1n) is 8.75. The number of piperidine rings is 1. The second-order valence-corrected chi connectivity index (χ2v) is 6.71. The Morgan fingerprint density at radius 3 is 3.15 bits per heavy atom. The lowest BCUT2D eigenvalue weighted by Crippen LogP contribution is -2.52. The van der Waals surface area contributed by atoms with E-state index >= 15 is 0 Å². The average Bonchev–Trinajstić information content (AvgIpc) is 3.11. The third-order valence-corrected chi connectivity index (χ3v) is 4.74. The second-order valence-electron chi connectivity index (χ2n) is 6.71. The molecule has 1 aromatic carbocycles. The first kappa shape index (κ1) is 16.7. The van der Waals surface area contributed by atoms with Crippen LogP contribution >= 0.6 is 0 Å². The number of β-amino-alcohol motifs (C(OH)–C–C–N with tert-alkyl or cyclic N) is 1. The molecule has 0 saturated carbocycles. The molecule has 4 rings (SSSR count).